The predicted octanol–water partition coefficient (Wildman–Crippen LogP) is 2.82. The van der Waals surface area contributed by atoms with Crippen LogP contribution in [0.5, 0.6) is 5.75 Å². The van der Waals surface area contributed by atoms with Crippen molar-refractivity contribution in [2.75, 3.05) is 25.6 Å². The Bertz CT molecular complexity index is 661. The largest absolute Gasteiger partial charge is 0.494 e. The van der Waals surface area contributed by atoms with Crippen molar-refractivity contribution in [2.24, 2.45) is 0 Å². The molecule has 2 aromatic rings. The molecule has 1 aromatic carbocycles. The molecule has 1 amide bonds. The van der Waals surface area contributed by atoms with Crippen molar-refractivity contribution >= 4 is 23.2 Å². The van der Waals surface area contributed by atoms with Crippen molar-refractivity contribution in [3.63, 3.8) is 0 Å². The molecular weight excluding hydrogens is 276 g/mol. The van der Waals surface area contributed by atoms with E-state index in [4.69, 9.17) is 19.0 Å². The van der Waals surface area contributed by atoms with Crippen LogP contribution in [0.15, 0.2) is 16.5 Å². The zero-order valence-electron chi connectivity index (χ0n) is 11.6. The van der Waals surface area contributed by atoms with Gasteiger partial charge in [0.15, 0.2) is 11.1 Å². The third-order valence-electron chi connectivity index (χ3n) is 3.63. The summed E-state index contributed by atoms with van der Waals surface area (Å²) in [6.07, 6.45) is 0.598. The SMILES string of the molecule is COc1ccc(C2CCOCC2)c2oc(NC(=O)O)nc12. The third-order valence-corrected chi connectivity index (χ3v) is 3.63. The summed E-state index contributed by atoms with van der Waals surface area (Å²) in [6, 6.07) is 3.74. The number of hydrogen-bond donors (Lipinski definition) is 2. The van der Waals surface area contributed by atoms with E-state index in [9.17, 15) is 4.79 Å². The molecule has 0 saturated carbocycles. The van der Waals surface area contributed by atoms with Crippen LogP contribution in [-0.4, -0.2) is 36.5 Å². The number of amides is 1. The Morgan fingerprint density at radius 1 is 1.43 bits per heavy atom. The molecule has 1 aromatic heterocycles. The minimum Gasteiger partial charge on any atom is -0.494 e. The van der Waals surface area contributed by atoms with Crippen molar-refractivity contribution < 1.29 is 23.8 Å². The van der Waals surface area contributed by atoms with Crippen LogP contribution in [0.25, 0.3) is 11.1 Å². The first-order valence-corrected chi connectivity index (χ1v) is 6.74. The second kappa shape index (κ2) is 5.61. The van der Waals surface area contributed by atoms with E-state index < -0.39 is 6.09 Å². The lowest BCUT2D eigenvalue weighted by Crippen LogP contribution is -2.14. The number of anilines is 1. The lowest BCUT2D eigenvalue weighted by Gasteiger charge is -2.22. The molecule has 0 atom stereocenters. The maximum Gasteiger partial charge on any atom is 0.412 e. The second-order valence-corrected chi connectivity index (χ2v) is 4.87. The molecule has 1 aliphatic heterocycles. The minimum absolute atomic E-state index is 0.0460. The predicted molar refractivity (Wildman–Crippen MR) is 75.0 cm³/mol. The highest BCUT2D eigenvalue weighted by Gasteiger charge is 2.23. The summed E-state index contributed by atoms with van der Waals surface area (Å²) in [5.74, 6) is 0.876. The quantitative estimate of drug-likeness (QED) is 0.903. The monoisotopic (exact) mass is 292 g/mol. The molecule has 0 spiro atoms. The maximum absolute atomic E-state index is 10.7. The van der Waals surface area contributed by atoms with E-state index in [0.29, 0.717) is 36.0 Å². The molecule has 112 valence electrons. The molecule has 7 nitrogen and oxygen atoms in total. The van der Waals surface area contributed by atoms with Crippen LogP contribution in [0.3, 0.4) is 0 Å². The van der Waals surface area contributed by atoms with Gasteiger partial charge in [0.2, 0.25) is 0 Å². The Morgan fingerprint density at radius 2 is 2.19 bits per heavy atom. The Kier molecular flexibility index (Phi) is 3.66. The number of hydrogen-bond acceptors (Lipinski definition) is 5. The van der Waals surface area contributed by atoms with Gasteiger partial charge in [0.1, 0.15) is 5.75 Å². The van der Waals surface area contributed by atoms with Crippen LogP contribution in [-0.2, 0) is 4.74 Å². The topological polar surface area (TPSA) is 93.8 Å². The van der Waals surface area contributed by atoms with Crippen LogP contribution in [0, 0.1) is 0 Å². The minimum atomic E-state index is -1.21. The smallest absolute Gasteiger partial charge is 0.412 e. The number of aromatic nitrogens is 1. The summed E-state index contributed by atoms with van der Waals surface area (Å²) >= 11 is 0. The average molecular weight is 292 g/mol. The van der Waals surface area contributed by atoms with E-state index in [2.05, 4.69) is 10.3 Å². The maximum atomic E-state index is 10.7. The van der Waals surface area contributed by atoms with E-state index in [1.165, 1.54) is 0 Å². The first-order valence-electron chi connectivity index (χ1n) is 6.74. The first-order chi connectivity index (χ1) is 10.2. The summed E-state index contributed by atoms with van der Waals surface area (Å²) in [7, 11) is 1.54. The van der Waals surface area contributed by atoms with E-state index in [1.54, 1.807) is 7.11 Å². The highest BCUT2D eigenvalue weighted by molar-refractivity contribution is 5.87. The van der Waals surface area contributed by atoms with Crippen LogP contribution < -0.4 is 10.1 Å². The Balaban J connectivity index is 2.07. The lowest BCUT2D eigenvalue weighted by molar-refractivity contribution is 0.0854. The van der Waals surface area contributed by atoms with Gasteiger partial charge in [0.05, 0.1) is 7.11 Å². The molecule has 0 radical (unpaired) electrons. The molecule has 2 heterocycles. The molecule has 2 N–H and O–H groups in total. The molecular formula is C14H16N2O5. The van der Waals surface area contributed by atoms with Gasteiger partial charge in [-0.3, -0.25) is 0 Å². The first kappa shape index (κ1) is 13.7. The van der Waals surface area contributed by atoms with Crippen LogP contribution >= 0.6 is 0 Å². The summed E-state index contributed by atoms with van der Waals surface area (Å²) in [5, 5.41) is 10.9. The van der Waals surface area contributed by atoms with Crippen LogP contribution in [0.2, 0.25) is 0 Å². The summed E-state index contributed by atoms with van der Waals surface area (Å²) in [6.45, 7) is 1.43. The average Bonchev–Trinajstić information content (AvgIpc) is 2.89. The van der Waals surface area contributed by atoms with Crippen molar-refractivity contribution in [1.82, 2.24) is 4.98 Å². The fourth-order valence-electron chi connectivity index (χ4n) is 2.64. The van der Waals surface area contributed by atoms with E-state index in [0.717, 1.165) is 18.4 Å². The Hall–Kier alpha value is -2.28. The van der Waals surface area contributed by atoms with Gasteiger partial charge in [-0.1, -0.05) is 6.07 Å². The second-order valence-electron chi connectivity index (χ2n) is 4.87. The third kappa shape index (κ3) is 2.64. The van der Waals surface area contributed by atoms with E-state index in [-0.39, 0.29) is 6.01 Å². The number of methoxy groups -OCH3 is 1. The molecule has 0 unspecified atom stereocenters. The number of oxazole rings is 1. The number of fused-ring (bicyclic) bond motifs is 1. The van der Waals surface area contributed by atoms with Crippen LogP contribution in [0.4, 0.5) is 10.8 Å². The van der Waals surface area contributed by atoms with Gasteiger partial charge >= 0.3 is 12.1 Å². The fourth-order valence-corrected chi connectivity index (χ4v) is 2.64. The standard InChI is InChI=1S/C14H16N2O5/c1-19-10-3-2-9(8-4-6-20-7-5-8)12-11(10)15-13(21-12)16-14(17)18/h2-3,8H,4-7H2,1H3,(H,15,16)(H,17,18). The van der Waals surface area contributed by atoms with Gasteiger partial charge in [0.25, 0.3) is 0 Å². The molecule has 1 fully saturated rings. The van der Waals surface area contributed by atoms with Crippen molar-refractivity contribution in [3.05, 3.63) is 17.7 Å². The van der Waals surface area contributed by atoms with Crippen molar-refractivity contribution in [1.29, 1.82) is 0 Å². The number of rotatable bonds is 3. The molecule has 0 aliphatic carbocycles. The number of carbonyl (C=O) groups is 1. The van der Waals surface area contributed by atoms with Gasteiger partial charge < -0.3 is 19.0 Å². The number of nitrogens with zero attached hydrogens (tertiary/aromatic N) is 1. The zero-order chi connectivity index (χ0) is 14.8. The zero-order valence-corrected chi connectivity index (χ0v) is 11.6. The Labute approximate surface area is 120 Å². The number of ether oxygens (including phenoxy) is 2. The van der Waals surface area contributed by atoms with Crippen molar-refractivity contribution in [3.8, 4) is 5.75 Å². The molecule has 1 saturated heterocycles. The molecule has 21 heavy (non-hydrogen) atoms. The highest BCUT2D eigenvalue weighted by Crippen LogP contribution is 2.37. The van der Waals surface area contributed by atoms with Gasteiger partial charge in [-0.2, -0.15) is 4.98 Å². The van der Waals surface area contributed by atoms with E-state index >= 15 is 0 Å². The summed E-state index contributed by atoms with van der Waals surface area (Å²) in [5.41, 5.74) is 2.12. The van der Waals surface area contributed by atoms with Gasteiger partial charge in [-0.05, 0) is 24.8 Å². The lowest BCUT2D eigenvalue weighted by atomic mass is 9.91. The molecule has 1 aliphatic rings. The molecule has 7 heteroatoms. The van der Waals surface area contributed by atoms with Gasteiger partial charge in [-0.15, -0.1) is 0 Å². The van der Waals surface area contributed by atoms with Crippen molar-refractivity contribution in [2.45, 2.75) is 18.8 Å². The van der Waals surface area contributed by atoms with E-state index in [1.807, 2.05) is 12.1 Å². The molecule has 3 rings (SSSR count). The fraction of sp³-hybridized carbons (Fsp3) is 0.429. The normalized spacial score (nSPS) is 16.0. The highest BCUT2D eigenvalue weighted by atomic mass is 16.5. The number of carboxylic acid groups (broad SMARTS) is 1. The summed E-state index contributed by atoms with van der Waals surface area (Å²) < 4.78 is 16.2. The number of benzene rings is 1. The van der Waals surface area contributed by atoms with Crippen LogP contribution in [0.1, 0.15) is 24.3 Å². The summed E-state index contributed by atoms with van der Waals surface area (Å²) in [4.78, 5) is 14.9. The van der Waals surface area contributed by atoms with Gasteiger partial charge in [-0.25, -0.2) is 10.1 Å². The Morgan fingerprint density at radius 3 is 2.86 bits per heavy atom. The van der Waals surface area contributed by atoms with Gasteiger partial charge in [0, 0.05) is 18.8 Å². The molecule has 0 bridgehead atoms. The number of nitrogens with one attached hydrogen (secondary N) is 1.